The lowest BCUT2D eigenvalue weighted by molar-refractivity contribution is -0.237. The third-order valence-corrected chi connectivity index (χ3v) is 8.03. The monoisotopic (exact) mass is 386 g/mol. The second-order valence-electron chi connectivity index (χ2n) is 9.08. The highest BCUT2D eigenvalue weighted by Gasteiger charge is 2.64. The van der Waals surface area contributed by atoms with Gasteiger partial charge in [0.1, 0.15) is 5.75 Å². The van der Waals surface area contributed by atoms with Crippen molar-refractivity contribution < 1.29 is 19.0 Å². The van der Waals surface area contributed by atoms with Crippen molar-refractivity contribution in [1.82, 2.24) is 5.43 Å². The number of aryl methyl sites for hydroxylation is 1. The van der Waals surface area contributed by atoms with Crippen molar-refractivity contribution >= 4 is 5.91 Å². The van der Waals surface area contributed by atoms with Gasteiger partial charge in [-0.2, -0.15) is 0 Å². The van der Waals surface area contributed by atoms with Crippen molar-refractivity contribution in [3.63, 3.8) is 0 Å². The molecule has 5 rings (SSSR count). The molecule has 3 N–H and O–H groups in total. The van der Waals surface area contributed by atoms with Crippen LogP contribution in [-0.4, -0.2) is 31.5 Å². The molecule has 1 aromatic rings. The average molecular weight is 386 g/mol. The Morgan fingerprint density at radius 1 is 1.25 bits per heavy atom. The Bertz CT molecular complexity index is 776. The fourth-order valence-corrected chi connectivity index (χ4v) is 6.72. The molecule has 3 aliphatic carbocycles. The summed E-state index contributed by atoms with van der Waals surface area (Å²) in [5.74, 6) is 7.19. The predicted octanol–water partition coefficient (Wildman–Crippen LogP) is 2.65. The van der Waals surface area contributed by atoms with Gasteiger partial charge >= 0.3 is 0 Å². The quantitative estimate of drug-likeness (QED) is 0.474. The molecule has 4 atom stereocenters. The van der Waals surface area contributed by atoms with E-state index in [4.69, 9.17) is 20.1 Å². The fourth-order valence-electron chi connectivity index (χ4n) is 6.72. The molecule has 0 aromatic heterocycles. The molecule has 3 fully saturated rings. The van der Waals surface area contributed by atoms with Gasteiger partial charge in [0.15, 0.2) is 12.4 Å². The third kappa shape index (κ3) is 2.61. The van der Waals surface area contributed by atoms with Crippen molar-refractivity contribution in [3.05, 3.63) is 29.3 Å². The number of nitrogens with two attached hydrogens (primary N) is 1. The van der Waals surface area contributed by atoms with Gasteiger partial charge in [-0.3, -0.25) is 10.2 Å². The summed E-state index contributed by atoms with van der Waals surface area (Å²) in [5, 5.41) is 0. The summed E-state index contributed by atoms with van der Waals surface area (Å²) in [5.41, 5.74) is 5.08. The minimum atomic E-state index is -0.329. The van der Waals surface area contributed by atoms with Crippen LogP contribution in [0.4, 0.5) is 0 Å². The Morgan fingerprint density at radius 2 is 2.07 bits per heavy atom. The summed E-state index contributed by atoms with van der Waals surface area (Å²) < 4.78 is 18.0. The number of carbonyl (C=O) groups excluding carboxylic acids is 1. The summed E-state index contributed by atoms with van der Waals surface area (Å²) >= 11 is 0. The van der Waals surface area contributed by atoms with Crippen LogP contribution in [-0.2, 0) is 20.7 Å². The first-order chi connectivity index (χ1) is 13.6. The van der Waals surface area contributed by atoms with Gasteiger partial charge < -0.3 is 14.2 Å². The lowest BCUT2D eigenvalue weighted by Gasteiger charge is -2.52. The topological polar surface area (TPSA) is 82.8 Å². The van der Waals surface area contributed by atoms with Crippen LogP contribution in [0.1, 0.15) is 56.1 Å². The smallest absolute Gasteiger partial charge is 0.271 e. The lowest BCUT2D eigenvalue weighted by Crippen LogP contribution is -2.51. The number of carbonyl (C=O) groups is 1. The molecular formula is C22H30N2O4. The summed E-state index contributed by atoms with van der Waals surface area (Å²) in [4.78, 5) is 11.3. The molecule has 2 saturated carbocycles. The Kier molecular flexibility index (Phi) is 4.41. The first-order valence-corrected chi connectivity index (χ1v) is 10.6. The van der Waals surface area contributed by atoms with E-state index in [0.717, 1.165) is 38.2 Å². The maximum atomic E-state index is 11.3. The number of hydrazine groups is 1. The normalized spacial score (nSPS) is 35.1. The van der Waals surface area contributed by atoms with Crippen molar-refractivity contribution in [3.8, 4) is 5.75 Å². The number of nitrogens with one attached hydrogen (secondary N) is 1. The van der Waals surface area contributed by atoms with E-state index in [1.807, 2.05) is 6.07 Å². The summed E-state index contributed by atoms with van der Waals surface area (Å²) in [6.45, 7) is 3.85. The van der Waals surface area contributed by atoms with Gasteiger partial charge in [0.2, 0.25) is 0 Å². The Labute approximate surface area is 166 Å². The molecule has 1 heterocycles. The van der Waals surface area contributed by atoms with Crippen LogP contribution in [0.15, 0.2) is 18.2 Å². The van der Waals surface area contributed by atoms with Crippen LogP contribution in [0, 0.1) is 17.3 Å². The van der Waals surface area contributed by atoms with Gasteiger partial charge in [-0.05, 0) is 73.1 Å². The van der Waals surface area contributed by atoms with Crippen LogP contribution in [0.2, 0.25) is 0 Å². The highest BCUT2D eigenvalue weighted by Crippen LogP contribution is 2.66. The maximum absolute atomic E-state index is 11.3. The van der Waals surface area contributed by atoms with E-state index in [1.165, 1.54) is 30.4 Å². The first-order valence-electron chi connectivity index (χ1n) is 10.6. The third-order valence-electron chi connectivity index (χ3n) is 8.03. The molecule has 1 spiro atoms. The van der Waals surface area contributed by atoms with Crippen LogP contribution < -0.4 is 16.0 Å². The molecule has 152 valence electrons. The molecule has 6 nitrogen and oxygen atoms in total. The summed E-state index contributed by atoms with van der Waals surface area (Å²) in [7, 11) is 0. The molecule has 28 heavy (non-hydrogen) atoms. The zero-order valence-corrected chi connectivity index (χ0v) is 16.5. The molecule has 4 aliphatic rings. The van der Waals surface area contributed by atoms with E-state index in [0.29, 0.717) is 17.8 Å². The van der Waals surface area contributed by atoms with E-state index in [2.05, 4.69) is 24.5 Å². The summed E-state index contributed by atoms with van der Waals surface area (Å²) in [6, 6.07) is 6.33. The second-order valence-corrected chi connectivity index (χ2v) is 9.08. The SMILES string of the molecule is C[C@]12CC[C@@H]3c4ccc(OCC(=O)NN)cc4CC[C@H]3[C@@H]1CCC21OCCO1. The number of fused-ring (bicyclic) bond motifs is 6. The molecule has 1 aliphatic heterocycles. The number of ether oxygens (including phenoxy) is 3. The van der Waals surface area contributed by atoms with E-state index in [1.54, 1.807) is 0 Å². The molecule has 0 radical (unpaired) electrons. The van der Waals surface area contributed by atoms with Crippen molar-refractivity contribution in [1.29, 1.82) is 0 Å². The second kappa shape index (κ2) is 6.71. The first kappa shape index (κ1) is 18.4. The van der Waals surface area contributed by atoms with Crippen molar-refractivity contribution in [2.75, 3.05) is 19.8 Å². The zero-order valence-electron chi connectivity index (χ0n) is 16.5. The largest absolute Gasteiger partial charge is 0.484 e. The fraction of sp³-hybridized carbons (Fsp3) is 0.682. The van der Waals surface area contributed by atoms with Crippen LogP contribution >= 0.6 is 0 Å². The van der Waals surface area contributed by atoms with Crippen LogP contribution in [0.25, 0.3) is 0 Å². The molecule has 6 heteroatoms. The minimum Gasteiger partial charge on any atom is -0.484 e. The Balaban J connectivity index is 1.37. The molecule has 1 amide bonds. The number of hydrogen-bond donors (Lipinski definition) is 2. The Morgan fingerprint density at radius 3 is 2.86 bits per heavy atom. The van der Waals surface area contributed by atoms with Crippen molar-refractivity contribution in [2.24, 2.45) is 23.1 Å². The number of hydrogen-bond acceptors (Lipinski definition) is 5. The van der Waals surface area contributed by atoms with Gasteiger partial charge in [0.25, 0.3) is 5.91 Å². The standard InChI is InChI=1S/C22H30N2O4/c1-21-8-6-17-16-5-3-15(26-13-20(25)24-23)12-14(16)2-4-18(17)19(21)7-9-22(21)27-10-11-28-22/h3,5,12,17-19H,2,4,6-11,13,23H2,1H3,(H,24,25)/t17-,18-,19+,21+/m1/s1. The Hall–Kier alpha value is -1.63. The predicted molar refractivity (Wildman–Crippen MR) is 104 cm³/mol. The minimum absolute atomic E-state index is 0.0517. The molecule has 0 bridgehead atoms. The number of benzene rings is 1. The zero-order chi connectivity index (χ0) is 19.4. The molecular weight excluding hydrogens is 356 g/mol. The maximum Gasteiger partial charge on any atom is 0.271 e. The van der Waals surface area contributed by atoms with E-state index < -0.39 is 0 Å². The molecule has 1 saturated heterocycles. The van der Waals surface area contributed by atoms with E-state index in [9.17, 15) is 4.79 Å². The lowest BCUT2D eigenvalue weighted by atomic mass is 9.55. The van der Waals surface area contributed by atoms with Gasteiger partial charge in [-0.15, -0.1) is 0 Å². The van der Waals surface area contributed by atoms with Gasteiger partial charge in [-0.1, -0.05) is 13.0 Å². The van der Waals surface area contributed by atoms with Crippen LogP contribution in [0.3, 0.4) is 0 Å². The van der Waals surface area contributed by atoms with Crippen molar-refractivity contribution in [2.45, 2.75) is 57.2 Å². The number of rotatable bonds is 3. The van der Waals surface area contributed by atoms with Gasteiger partial charge in [-0.25, -0.2) is 5.84 Å². The molecule has 0 unspecified atom stereocenters. The molecule has 1 aromatic carbocycles. The highest BCUT2D eigenvalue weighted by atomic mass is 16.7. The van der Waals surface area contributed by atoms with E-state index >= 15 is 0 Å². The summed E-state index contributed by atoms with van der Waals surface area (Å²) in [6.07, 6.45) is 6.88. The highest BCUT2D eigenvalue weighted by molar-refractivity contribution is 5.76. The van der Waals surface area contributed by atoms with Gasteiger partial charge in [0.05, 0.1) is 13.2 Å². The average Bonchev–Trinajstić information content (AvgIpc) is 3.32. The number of amides is 1. The van der Waals surface area contributed by atoms with Gasteiger partial charge in [0, 0.05) is 11.8 Å². The van der Waals surface area contributed by atoms with Crippen LogP contribution in [0.5, 0.6) is 5.75 Å². The van der Waals surface area contributed by atoms with E-state index in [-0.39, 0.29) is 23.7 Å².